The molecule has 0 radical (unpaired) electrons. The highest BCUT2D eigenvalue weighted by molar-refractivity contribution is 7.61. The zero-order valence-electron chi connectivity index (χ0n) is 17.1. The minimum atomic E-state index is 0.0832. The van der Waals surface area contributed by atoms with E-state index in [9.17, 15) is 0 Å². The van der Waals surface area contributed by atoms with Gasteiger partial charge in [-0.1, -0.05) is 98.9 Å². The lowest BCUT2D eigenvalue weighted by Crippen LogP contribution is -2.28. The molecule has 3 aliphatic carbocycles. The summed E-state index contributed by atoms with van der Waals surface area (Å²) in [5, 5.41) is 0. The highest BCUT2D eigenvalue weighted by Crippen LogP contribution is 2.63. The molecule has 0 bridgehead atoms. The second-order valence-corrected chi connectivity index (χ2v) is 15.0. The average Bonchev–Trinajstić information content (AvgIpc) is 3.12. The molecule has 2 saturated carbocycles. The summed E-state index contributed by atoms with van der Waals surface area (Å²) in [7, 11) is 0.245. The van der Waals surface area contributed by atoms with Gasteiger partial charge >= 0.3 is 0 Å². The minimum Gasteiger partial charge on any atom is -0.0959 e. The van der Waals surface area contributed by atoms with Gasteiger partial charge in [-0.2, -0.15) is 0 Å². The molecule has 0 aromatic heterocycles. The van der Waals surface area contributed by atoms with Crippen LogP contribution in [0.5, 0.6) is 0 Å². The number of allylic oxidation sites excluding steroid dienone is 4. The minimum absolute atomic E-state index is 0.0832. The van der Waals surface area contributed by atoms with Gasteiger partial charge in [-0.3, -0.25) is 0 Å². The molecule has 0 amide bonds. The van der Waals surface area contributed by atoms with Crippen LogP contribution >= 0.6 is 15.8 Å². The summed E-state index contributed by atoms with van der Waals surface area (Å²) in [5.74, 6) is 0. The molecule has 2 fully saturated rings. The lowest BCUT2D eigenvalue weighted by molar-refractivity contribution is 0.482. The molecule has 2 heteroatoms. The highest BCUT2D eigenvalue weighted by atomic mass is 31.1. The summed E-state index contributed by atoms with van der Waals surface area (Å²) >= 11 is 0. The highest BCUT2D eigenvalue weighted by Gasteiger charge is 2.38. The van der Waals surface area contributed by atoms with E-state index in [1.807, 2.05) is 5.57 Å². The summed E-state index contributed by atoms with van der Waals surface area (Å²) < 4.78 is 0. The van der Waals surface area contributed by atoms with E-state index in [-0.39, 0.29) is 15.8 Å². The zero-order valence-corrected chi connectivity index (χ0v) is 18.9. The number of rotatable bonds is 6. The van der Waals surface area contributed by atoms with Crippen molar-refractivity contribution in [3.63, 3.8) is 0 Å². The van der Waals surface area contributed by atoms with Crippen molar-refractivity contribution in [2.24, 2.45) is 0 Å². The Morgan fingerprint density at radius 3 is 1.84 bits per heavy atom. The van der Waals surface area contributed by atoms with Crippen molar-refractivity contribution in [2.45, 2.75) is 113 Å². The molecule has 0 spiro atoms. The quantitative estimate of drug-likeness (QED) is 0.412. The van der Waals surface area contributed by atoms with E-state index >= 15 is 0 Å². The third-order valence-electron chi connectivity index (χ3n) is 7.10. The first kappa shape index (κ1) is 20.1. The molecule has 0 aromatic rings. The fraction of sp³-hybridized carbons (Fsp3) is 0.826. The van der Waals surface area contributed by atoms with Gasteiger partial charge in [0.15, 0.2) is 0 Å². The van der Waals surface area contributed by atoms with Gasteiger partial charge < -0.3 is 0 Å². The van der Waals surface area contributed by atoms with Crippen molar-refractivity contribution in [3.8, 4) is 0 Å². The zero-order chi connectivity index (χ0) is 17.8. The van der Waals surface area contributed by atoms with Crippen LogP contribution in [-0.4, -0.2) is 35.0 Å². The van der Waals surface area contributed by atoms with E-state index < -0.39 is 0 Å². The second kappa shape index (κ2) is 9.51. The van der Waals surface area contributed by atoms with Crippen LogP contribution < -0.4 is 0 Å². The summed E-state index contributed by atoms with van der Waals surface area (Å²) in [6.45, 7) is 10.1. The topological polar surface area (TPSA) is 0 Å². The van der Waals surface area contributed by atoms with Crippen LogP contribution in [0.2, 0.25) is 0 Å². The predicted molar refractivity (Wildman–Crippen MR) is 119 cm³/mol. The van der Waals surface area contributed by atoms with E-state index in [1.165, 1.54) is 38.5 Å². The predicted octanol–water partition coefficient (Wildman–Crippen LogP) is 7.91. The average molecular weight is 379 g/mol. The van der Waals surface area contributed by atoms with Crippen molar-refractivity contribution in [1.82, 2.24) is 0 Å². The summed E-state index contributed by atoms with van der Waals surface area (Å²) in [6.07, 6.45) is 22.7. The molecule has 0 nitrogen and oxygen atoms in total. The standard InChI is InChI=1S/C23H40P2/c1-18(2)24(4)23-17-11-16-22(23)19(3)25(20-12-7-5-8-13-20)21-14-9-6-10-15-21/h11,16-21,23H,5-10,12-15H2,1-4H3. The van der Waals surface area contributed by atoms with Crippen LogP contribution in [0.1, 0.15) is 85.0 Å². The number of hydrogen-bond acceptors (Lipinski definition) is 0. The lowest BCUT2D eigenvalue weighted by atomic mass is 9.99. The molecule has 0 saturated heterocycles. The van der Waals surface area contributed by atoms with Crippen LogP contribution in [0.15, 0.2) is 23.8 Å². The molecular weight excluding hydrogens is 338 g/mol. The van der Waals surface area contributed by atoms with Gasteiger partial charge in [0.2, 0.25) is 0 Å². The van der Waals surface area contributed by atoms with Crippen molar-refractivity contribution < 1.29 is 0 Å². The Kier molecular flexibility index (Phi) is 7.64. The van der Waals surface area contributed by atoms with E-state index in [0.29, 0.717) is 0 Å². The first-order valence-corrected chi connectivity index (χ1v) is 14.4. The van der Waals surface area contributed by atoms with Gasteiger partial charge in [-0.25, -0.2) is 0 Å². The first-order valence-electron chi connectivity index (χ1n) is 11.0. The molecule has 25 heavy (non-hydrogen) atoms. The van der Waals surface area contributed by atoms with Crippen LogP contribution in [0, 0.1) is 0 Å². The fourth-order valence-corrected chi connectivity index (χ4v) is 11.7. The van der Waals surface area contributed by atoms with Crippen molar-refractivity contribution in [1.29, 1.82) is 0 Å². The van der Waals surface area contributed by atoms with Crippen LogP contribution in [-0.2, 0) is 0 Å². The molecule has 0 aromatic carbocycles. The molecule has 3 unspecified atom stereocenters. The molecule has 3 atom stereocenters. The van der Waals surface area contributed by atoms with Gasteiger partial charge in [0, 0.05) is 5.66 Å². The van der Waals surface area contributed by atoms with Crippen molar-refractivity contribution in [2.75, 3.05) is 6.66 Å². The van der Waals surface area contributed by atoms with Crippen molar-refractivity contribution in [3.05, 3.63) is 23.8 Å². The molecule has 0 heterocycles. The molecule has 3 aliphatic rings. The molecule has 0 aliphatic heterocycles. The van der Waals surface area contributed by atoms with Gasteiger partial charge in [-0.15, -0.1) is 0 Å². The summed E-state index contributed by atoms with van der Waals surface area (Å²) in [5.41, 5.74) is 6.47. The maximum Gasteiger partial charge on any atom is 0.0192 e. The molecule has 142 valence electrons. The van der Waals surface area contributed by atoms with Gasteiger partial charge in [0.05, 0.1) is 0 Å². The smallest absolute Gasteiger partial charge is 0.0192 e. The molecule has 0 N–H and O–H groups in total. The second-order valence-electron chi connectivity index (χ2n) is 8.96. The van der Waals surface area contributed by atoms with Crippen LogP contribution in [0.4, 0.5) is 0 Å². The molecular formula is C23H40P2. The number of hydrogen-bond donors (Lipinski definition) is 0. The normalized spacial score (nSPS) is 28.6. The van der Waals surface area contributed by atoms with Gasteiger partial charge in [0.1, 0.15) is 0 Å². The third-order valence-corrected chi connectivity index (χ3v) is 14.0. The van der Waals surface area contributed by atoms with Gasteiger partial charge in [-0.05, 0) is 55.0 Å². The van der Waals surface area contributed by atoms with Crippen LogP contribution in [0.3, 0.4) is 0 Å². The fourth-order valence-electron chi connectivity index (χ4n) is 5.42. The molecule has 3 rings (SSSR count). The summed E-state index contributed by atoms with van der Waals surface area (Å²) in [4.78, 5) is 0. The summed E-state index contributed by atoms with van der Waals surface area (Å²) in [6, 6.07) is 0. The maximum absolute atomic E-state index is 2.64. The van der Waals surface area contributed by atoms with Gasteiger partial charge in [0.25, 0.3) is 0 Å². The Morgan fingerprint density at radius 2 is 1.36 bits per heavy atom. The maximum atomic E-state index is 2.64. The van der Waals surface area contributed by atoms with E-state index in [2.05, 4.69) is 45.7 Å². The first-order chi connectivity index (χ1) is 12.1. The van der Waals surface area contributed by atoms with E-state index in [1.54, 1.807) is 25.7 Å². The van der Waals surface area contributed by atoms with Crippen molar-refractivity contribution >= 4 is 15.8 Å². The largest absolute Gasteiger partial charge is 0.0959 e. The van der Waals surface area contributed by atoms with E-state index in [4.69, 9.17) is 0 Å². The monoisotopic (exact) mass is 378 g/mol. The lowest BCUT2D eigenvalue weighted by Gasteiger charge is -2.44. The Hall–Kier alpha value is 0.340. The Labute approximate surface area is 159 Å². The van der Waals surface area contributed by atoms with Crippen LogP contribution in [0.25, 0.3) is 0 Å². The third kappa shape index (κ3) is 4.79. The SMILES string of the molecule is CC(C)P(C)C1C=CC=C1C(C)P(C1CCCCC1)C1CCCCC1. The Bertz CT molecular complexity index is 448. The Balaban J connectivity index is 1.79. The Morgan fingerprint density at radius 1 is 0.840 bits per heavy atom. The van der Waals surface area contributed by atoms with E-state index in [0.717, 1.165) is 28.3 Å².